The number of carbonyl (C=O) groups is 1. The number of Topliss-reactive ketones (excluding diaryl/α,β-unsaturated/α-hetero) is 1. The molecule has 5 aromatic rings. The van der Waals surface area contributed by atoms with Crippen LogP contribution in [0, 0.1) is 11.7 Å². The van der Waals surface area contributed by atoms with Crippen molar-refractivity contribution < 1.29 is 27.4 Å². The normalized spacial score (nSPS) is 14.5. The second-order valence-corrected chi connectivity index (χ2v) is 14.1. The van der Waals surface area contributed by atoms with Crippen LogP contribution in [0.5, 0.6) is 5.75 Å². The number of likely N-dealkylation sites (tertiary alicyclic amines) is 1. The lowest BCUT2D eigenvalue weighted by Gasteiger charge is -2.31. The molecule has 1 aliphatic rings. The number of piperidine rings is 1. The van der Waals surface area contributed by atoms with Gasteiger partial charge in [-0.05, 0) is 73.8 Å². The molecule has 48 heavy (non-hydrogen) atoms. The molecule has 1 fully saturated rings. The maximum absolute atomic E-state index is 14.0. The summed E-state index contributed by atoms with van der Waals surface area (Å²) in [5, 5.41) is 19.2. The predicted octanol–water partition coefficient (Wildman–Crippen LogP) is 5.28. The zero-order chi connectivity index (χ0) is 34.0. The van der Waals surface area contributed by atoms with E-state index in [2.05, 4.69) is 24.9 Å². The standard InChI is InChI=1S/C34H36ClFN6O5S/c1-21(44)34-33(27-16-24(36)6-9-29(27)38-34)30-19-42(40-39-30)18-22-10-13-41(14-11-22)15-12-37-48(45,46)25-7-8-26(28(35)17-25)32-23(20-43)4-3-5-31(32)47-2/h3-9,16-17,19,22,37-38,43H,10-15,18,20H2,1-2H3. The summed E-state index contributed by atoms with van der Waals surface area (Å²) in [6.07, 6.45) is 3.59. The number of halogens is 2. The molecule has 6 rings (SSSR count). The van der Waals surface area contributed by atoms with E-state index in [4.69, 9.17) is 16.3 Å². The van der Waals surface area contributed by atoms with Gasteiger partial charge in [0.15, 0.2) is 5.78 Å². The summed E-state index contributed by atoms with van der Waals surface area (Å²) in [7, 11) is -2.29. The van der Waals surface area contributed by atoms with E-state index < -0.39 is 15.8 Å². The van der Waals surface area contributed by atoms with Crippen LogP contribution in [-0.4, -0.2) is 77.5 Å². The number of aromatic nitrogens is 4. The number of nitrogens with zero attached hydrogens (tertiary/aromatic N) is 4. The van der Waals surface area contributed by atoms with Crippen molar-refractivity contribution in [3.8, 4) is 28.1 Å². The highest BCUT2D eigenvalue weighted by Crippen LogP contribution is 2.39. The van der Waals surface area contributed by atoms with E-state index in [1.54, 1.807) is 41.2 Å². The number of rotatable bonds is 12. The Labute approximate surface area is 282 Å². The van der Waals surface area contributed by atoms with E-state index in [-0.39, 0.29) is 28.9 Å². The van der Waals surface area contributed by atoms with Gasteiger partial charge in [0.2, 0.25) is 10.0 Å². The number of H-pyrrole nitrogens is 1. The Kier molecular flexibility index (Phi) is 9.95. The lowest BCUT2D eigenvalue weighted by atomic mass is 9.97. The van der Waals surface area contributed by atoms with Gasteiger partial charge in [0, 0.05) is 59.2 Å². The Bertz CT molecular complexity index is 2050. The summed E-state index contributed by atoms with van der Waals surface area (Å²) in [5.41, 5.74) is 3.88. The summed E-state index contributed by atoms with van der Waals surface area (Å²) in [4.78, 5) is 17.7. The quantitative estimate of drug-likeness (QED) is 0.150. The van der Waals surface area contributed by atoms with Crippen LogP contribution in [0.2, 0.25) is 5.02 Å². The van der Waals surface area contributed by atoms with Crippen LogP contribution < -0.4 is 9.46 Å². The van der Waals surface area contributed by atoms with Gasteiger partial charge in [0.05, 0.1) is 30.5 Å². The van der Waals surface area contributed by atoms with Gasteiger partial charge in [-0.15, -0.1) is 5.10 Å². The van der Waals surface area contributed by atoms with Crippen LogP contribution in [0.1, 0.15) is 35.8 Å². The predicted molar refractivity (Wildman–Crippen MR) is 181 cm³/mol. The molecule has 11 nitrogen and oxygen atoms in total. The number of ketones is 1. The molecule has 0 aliphatic carbocycles. The number of ether oxygens (including phenoxy) is 1. The number of aromatic amines is 1. The van der Waals surface area contributed by atoms with Crippen molar-refractivity contribution >= 4 is 38.3 Å². The van der Waals surface area contributed by atoms with Crippen molar-refractivity contribution in [2.45, 2.75) is 37.8 Å². The Morgan fingerprint density at radius 3 is 2.65 bits per heavy atom. The van der Waals surface area contributed by atoms with Gasteiger partial charge in [-0.1, -0.05) is 35.0 Å². The lowest BCUT2D eigenvalue weighted by molar-refractivity contribution is 0.101. The van der Waals surface area contributed by atoms with Gasteiger partial charge in [0.25, 0.3) is 0 Å². The van der Waals surface area contributed by atoms with E-state index in [9.17, 15) is 22.7 Å². The molecule has 1 saturated heterocycles. The summed E-state index contributed by atoms with van der Waals surface area (Å²) >= 11 is 6.55. The number of methoxy groups -OCH3 is 1. The first-order valence-corrected chi connectivity index (χ1v) is 17.5. The molecule has 1 aliphatic heterocycles. The van der Waals surface area contributed by atoms with Crippen molar-refractivity contribution in [1.82, 2.24) is 29.6 Å². The number of aliphatic hydroxyl groups is 1. The topological polar surface area (TPSA) is 142 Å². The van der Waals surface area contributed by atoms with Crippen LogP contribution in [0.4, 0.5) is 4.39 Å². The third-order valence-electron chi connectivity index (χ3n) is 8.80. The number of hydrogen-bond acceptors (Lipinski definition) is 8. The van der Waals surface area contributed by atoms with Crippen LogP contribution in [0.25, 0.3) is 33.3 Å². The van der Waals surface area contributed by atoms with E-state index in [0.717, 1.165) is 25.9 Å². The summed E-state index contributed by atoms with van der Waals surface area (Å²) < 4.78 is 50.1. The molecule has 0 spiro atoms. The molecule has 14 heteroatoms. The fraction of sp³-hybridized carbons (Fsp3) is 0.324. The highest BCUT2D eigenvalue weighted by molar-refractivity contribution is 7.89. The Balaban J connectivity index is 1.03. The number of sulfonamides is 1. The smallest absolute Gasteiger partial charge is 0.240 e. The number of benzene rings is 3. The Hall–Kier alpha value is -4.14. The average Bonchev–Trinajstić information content (AvgIpc) is 3.69. The minimum absolute atomic E-state index is 0.0517. The third-order valence-corrected chi connectivity index (χ3v) is 10.6. The molecule has 0 bridgehead atoms. The first-order chi connectivity index (χ1) is 23.1. The van der Waals surface area contributed by atoms with Crippen LogP contribution in [-0.2, 0) is 23.2 Å². The SMILES string of the molecule is COc1cccc(CO)c1-c1ccc(S(=O)(=O)NCCN2CCC(Cn3cc(-c4c(C(C)=O)[nH]c5ccc(F)cc45)nn3)CC2)cc1Cl. The minimum atomic E-state index is -3.81. The molecule has 0 amide bonds. The maximum Gasteiger partial charge on any atom is 0.240 e. The van der Waals surface area contributed by atoms with Gasteiger partial charge < -0.3 is 19.7 Å². The summed E-state index contributed by atoms with van der Waals surface area (Å²) in [6, 6.07) is 14.2. The number of aliphatic hydroxyl groups excluding tert-OH is 1. The lowest BCUT2D eigenvalue weighted by Crippen LogP contribution is -2.40. The average molecular weight is 695 g/mol. The largest absolute Gasteiger partial charge is 0.496 e. The molecule has 3 aromatic carbocycles. The summed E-state index contributed by atoms with van der Waals surface area (Å²) in [5.74, 6) is 0.300. The minimum Gasteiger partial charge on any atom is -0.496 e. The molecule has 0 radical (unpaired) electrons. The van der Waals surface area contributed by atoms with Gasteiger partial charge in [-0.3, -0.25) is 9.48 Å². The molecule has 0 atom stereocenters. The molecule has 0 unspecified atom stereocenters. The van der Waals surface area contributed by atoms with Crippen molar-refractivity contribution in [1.29, 1.82) is 0 Å². The van der Waals surface area contributed by atoms with Crippen LogP contribution >= 0.6 is 11.6 Å². The van der Waals surface area contributed by atoms with E-state index in [1.165, 1.54) is 38.3 Å². The van der Waals surface area contributed by atoms with E-state index >= 15 is 0 Å². The van der Waals surface area contributed by atoms with E-state index in [1.807, 2.05) is 0 Å². The molecule has 0 saturated carbocycles. The fourth-order valence-electron chi connectivity index (χ4n) is 6.32. The highest BCUT2D eigenvalue weighted by atomic mass is 35.5. The van der Waals surface area contributed by atoms with Crippen molar-refractivity contribution in [3.05, 3.63) is 82.9 Å². The van der Waals surface area contributed by atoms with E-state index in [0.29, 0.717) is 69.3 Å². The number of fused-ring (bicyclic) bond motifs is 1. The van der Waals surface area contributed by atoms with Gasteiger partial charge in [0.1, 0.15) is 17.3 Å². The van der Waals surface area contributed by atoms with Crippen LogP contribution in [0.3, 0.4) is 0 Å². The second-order valence-electron chi connectivity index (χ2n) is 11.9. The number of carbonyl (C=O) groups excluding carboxylic acids is 1. The molecular weight excluding hydrogens is 659 g/mol. The first-order valence-electron chi connectivity index (χ1n) is 15.6. The highest BCUT2D eigenvalue weighted by Gasteiger charge is 2.24. The molecular formula is C34H36ClFN6O5S. The number of nitrogens with one attached hydrogen (secondary N) is 2. The molecule has 252 valence electrons. The van der Waals surface area contributed by atoms with Crippen molar-refractivity contribution in [2.24, 2.45) is 5.92 Å². The maximum atomic E-state index is 14.0. The zero-order valence-electron chi connectivity index (χ0n) is 26.5. The molecule has 3 heterocycles. The second kappa shape index (κ2) is 14.1. The monoisotopic (exact) mass is 694 g/mol. The molecule has 2 aromatic heterocycles. The summed E-state index contributed by atoms with van der Waals surface area (Å²) in [6.45, 7) is 4.28. The van der Waals surface area contributed by atoms with Crippen molar-refractivity contribution in [2.75, 3.05) is 33.3 Å². The van der Waals surface area contributed by atoms with Crippen molar-refractivity contribution in [3.63, 3.8) is 0 Å². The van der Waals surface area contributed by atoms with Gasteiger partial charge >= 0.3 is 0 Å². The van der Waals surface area contributed by atoms with Crippen LogP contribution in [0.15, 0.2) is 65.7 Å². The first kappa shape index (κ1) is 33.7. The van der Waals surface area contributed by atoms with Gasteiger partial charge in [-0.25, -0.2) is 17.5 Å². The zero-order valence-corrected chi connectivity index (χ0v) is 28.1. The van der Waals surface area contributed by atoms with Gasteiger partial charge in [-0.2, -0.15) is 0 Å². The number of hydrogen-bond donors (Lipinski definition) is 3. The fourth-order valence-corrected chi connectivity index (χ4v) is 7.71. The Morgan fingerprint density at radius 2 is 1.94 bits per heavy atom. The molecule has 3 N–H and O–H groups in total. The third kappa shape index (κ3) is 7.01. The Morgan fingerprint density at radius 1 is 1.15 bits per heavy atom.